The van der Waals surface area contributed by atoms with Gasteiger partial charge in [-0.15, -0.1) is 0 Å². The number of hydrogen-bond acceptors (Lipinski definition) is 2. The molecule has 0 amide bonds. The van der Waals surface area contributed by atoms with Gasteiger partial charge in [0.1, 0.15) is 0 Å². The summed E-state index contributed by atoms with van der Waals surface area (Å²) in [6, 6.07) is 0. The molecule has 104 valence electrons. The molecule has 18 heavy (non-hydrogen) atoms. The first-order valence-electron chi connectivity index (χ1n) is 7.98. The van der Waals surface area contributed by atoms with Crippen LogP contribution in [0.25, 0.3) is 0 Å². The Morgan fingerprint density at radius 2 is 1.89 bits per heavy atom. The second-order valence-corrected chi connectivity index (χ2v) is 7.33. The van der Waals surface area contributed by atoms with Gasteiger partial charge in [0.25, 0.3) is 0 Å². The summed E-state index contributed by atoms with van der Waals surface area (Å²) < 4.78 is 6.50. The molecule has 0 aromatic carbocycles. The van der Waals surface area contributed by atoms with Crippen LogP contribution in [-0.4, -0.2) is 25.3 Å². The number of hydrogen-bond donors (Lipinski definition) is 1. The molecule has 1 aliphatic heterocycles. The standard InChI is InChI=1S/C16H29NO/c1-15(12-17-2,13-5-6-13)11-14-7-10-16(18-14)8-3-4-9-16/h13-14,17H,3-12H2,1-2H3. The van der Waals surface area contributed by atoms with Crippen molar-refractivity contribution in [2.75, 3.05) is 13.6 Å². The maximum Gasteiger partial charge on any atom is 0.0687 e. The second kappa shape index (κ2) is 4.79. The summed E-state index contributed by atoms with van der Waals surface area (Å²) in [4.78, 5) is 0. The van der Waals surface area contributed by atoms with Gasteiger partial charge < -0.3 is 10.1 Å². The molecule has 0 bridgehead atoms. The predicted molar refractivity (Wildman–Crippen MR) is 74.7 cm³/mol. The molecule has 2 unspecified atom stereocenters. The van der Waals surface area contributed by atoms with Gasteiger partial charge in [0.2, 0.25) is 0 Å². The summed E-state index contributed by atoms with van der Waals surface area (Å²) in [5, 5.41) is 3.41. The molecule has 2 aliphatic carbocycles. The van der Waals surface area contributed by atoms with E-state index in [2.05, 4.69) is 19.3 Å². The molecular weight excluding hydrogens is 222 g/mol. The van der Waals surface area contributed by atoms with Crippen molar-refractivity contribution in [2.45, 2.75) is 76.4 Å². The minimum Gasteiger partial charge on any atom is -0.372 e. The molecule has 3 rings (SSSR count). The average molecular weight is 251 g/mol. The SMILES string of the molecule is CNCC(C)(CC1CCC2(CCCC2)O1)C1CC1. The van der Waals surface area contributed by atoms with E-state index in [1.807, 2.05) is 0 Å². The van der Waals surface area contributed by atoms with Gasteiger partial charge in [-0.1, -0.05) is 19.8 Å². The lowest BCUT2D eigenvalue weighted by Gasteiger charge is -2.33. The van der Waals surface area contributed by atoms with Gasteiger partial charge >= 0.3 is 0 Å². The Hall–Kier alpha value is -0.0800. The largest absolute Gasteiger partial charge is 0.372 e. The Labute approximate surface area is 112 Å². The molecule has 2 atom stereocenters. The van der Waals surface area contributed by atoms with Gasteiger partial charge in [0.05, 0.1) is 11.7 Å². The summed E-state index contributed by atoms with van der Waals surface area (Å²) in [6.07, 6.45) is 12.8. The quantitative estimate of drug-likeness (QED) is 0.807. The molecule has 0 radical (unpaired) electrons. The van der Waals surface area contributed by atoms with Crippen LogP contribution in [0.1, 0.15) is 64.7 Å². The van der Waals surface area contributed by atoms with E-state index in [-0.39, 0.29) is 0 Å². The summed E-state index contributed by atoms with van der Waals surface area (Å²) in [6.45, 7) is 3.63. The number of ether oxygens (including phenoxy) is 1. The van der Waals surface area contributed by atoms with E-state index >= 15 is 0 Å². The summed E-state index contributed by atoms with van der Waals surface area (Å²) in [5.74, 6) is 0.952. The first-order chi connectivity index (χ1) is 8.66. The molecule has 2 heteroatoms. The zero-order valence-electron chi connectivity index (χ0n) is 12.1. The third-order valence-corrected chi connectivity index (χ3v) is 5.69. The van der Waals surface area contributed by atoms with Crippen molar-refractivity contribution in [3.05, 3.63) is 0 Å². The van der Waals surface area contributed by atoms with Crippen molar-refractivity contribution >= 4 is 0 Å². The molecule has 2 nitrogen and oxygen atoms in total. The van der Waals surface area contributed by atoms with Crippen molar-refractivity contribution < 1.29 is 4.74 Å². The Kier molecular flexibility index (Phi) is 3.44. The first kappa shape index (κ1) is 12.9. The maximum atomic E-state index is 6.50. The normalized spacial score (nSPS) is 34.0. The number of nitrogens with one attached hydrogen (secondary N) is 1. The smallest absolute Gasteiger partial charge is 0.0687 e. The molecular formula is C16H29NO. The summed E-state index contributed by atoms with van der Waals surface area (Å²) in [7, 11) is 2.09. The highest BCUT2D eigenvalue weighted by molar-refractivity contribution is 4.98. The van der Waals surface area contributed by atoms with Crippen LogP contribution in [0.5, 0.6) is 0 Å². The van der Waals surface area contributed by atoms with Crippen LogP contribution >= 0.6 is 0 Å². The fraction of sp³-hybridized carbons (Fsp3) is 1.00. The van der Waals surface area contributed by atoms with Gasteiger partial charge in [-0.3, -0.25) is 0 Å². The van der Waals surface area contributed by atoms with E-state index in [9.17, 15) is 0 Å². The Balaban J connectivity index is 1.59. The van der Waals surface area contributed by atoms with Gasteiger partial charge in [-0.05, 0) is 63.3 Å². The first-order valence-corrected chi connectivity index (χ1v) is 7.98. The van der Waals surface area contributed by atoms with Gasteiger partial charge in [-0.25, -0.2) is 0 Å². The van der Waals surface area contributed by atoms with Crippen LogP contribution in [0, 0.1) is 11.3 Å². The second-order valence-electron chi connectivity index (χ2n) is 7.33. The highest BCUT2D eigenvalue weighted by Gasteiger charge is 2.47. The minimum atomic E-state index is 0.314. The third-order valence-electron chi connectivity index (χ3n) is 5.69. The lowest BCUT2D eigenvalue weighted by molar-refractivity contribution is -0.0539. The minimum absolute atomic E-state index is 0.314. The fourth-order valence-corrected chi connectivity index (χ4v) is 4.51. The lowest BCUT2D eigenvalue weighted by atomic mass is 9.79. The maximum absolute atomic E-state index is 6.50. The van der Waals surface area contributed by atoms with Crippen molar-refractivity contribution in [2.24, 2.45) is 11.3 Å². The zero-order valence-corrected chi connectivity index (χ0v) is 12.1. The molecule has 3 aliphatic rings. The van der Waals surface area contributed by atoms with Crippen molar-refractivity contribution in [1.29, 1.82) is 0 Å². The predicted octanol–water partition coefficient (Wildman–Crippen LogP) is 3.50. The van der Waals surface area contributed by atoms with Crippen LogP contribution in [0.4, 0.5) is 0 Å². The molecule has 1 heterocycles. The fourth-order valence-electron chi connectivity index (χ4n) is 4.51. The topological polar surface area (TPSA) is 21.3 Å². The van der Waals surface area contributed by atoms with E-state index in [1.54, 1.807) is 0 Å². The Morgan fingerprint density at radius 3 is 2.50 bits per heavy atom. The highest BCUT2D eigenvalue weighted by Crippen LogP contribution is 2.51. The van der Waals surface area contributed by atoms with Crippen molar-refractivity contribution in [3.8, 4) is 0 Å². The van der Waals surface area contributed by atoms with Crippen LogP contribution < -0.4 is 5.32 Å². The Bertz CT molecular complexity index is 293. The van der Waals surface area contributed by atoms with Gasteiger partial charge in [0, 0.05) is 6.54 Å². The van der Waals surface area contributed by atoms with E-state index in [0.717, 1.165) is 12.5 Å². The van der Waals surface area contributed by atoms with E-state index in [0.29, 0.717) is 17.1 Å². The van der Waals surface area contributed by atoms with E-state index < -0.39 is 0 Å². The van der Waals surface area contributed by atoms with Crippen molar-refractivity contribution in [1.82, 2.24) is 5.32 Å². The molecule has 2 saturated carbocycles. The summed E-state index contributed by atoms with van der Waals surface area (Å²) >= 11 is 0. The summed E-state index contributed by atoms with van der Waals surface area (Å²) in [5.41, 5.74) is 0.790. The highest BCUT2D eigenvalue weighted by atomic mass is 16.5. The van der Waals surface area contributed by atoms with Crippen LogP contribution in [0.15, 0.2) is 0 Å². The van der Waals surface area contributed by atoms with Crippen LogP contribution in [-0.2, 0) is 4.74 Å². The zero-order chi connectivity index (χ0) is 12.6. The molecule has 1 saturated heterocycles. The number of rotatable bonds is 5. The van der Waals surface area contributed by atoms with E-state index in [4.69, 9.17) is 4.74 Å². The average Bonchev–Trinajstić information content (AvgIpc) is 3.01. The Morgan fingerprint density at radius 1 is 1.17 bits per heavy atom. The lowest BCUT2D eigenvalue weighted by Crippen LogP contribution is -2.36. The molecule has 0 aromatic rings. The van der Waals surface area contributed by atoms with Gasteiger partial charge in [0.15, 0.2) is 0 Å². The monoisotopic (exact) mass is 251 g/mol. The molecule has 1 N–H and O–H groups in total. The van der Waals surface area contributed by atoms with Crippen LogP contribution in [0.3, 0.4) is 0 Å². The van der Waals surface area contributed by atoms with E-state index in [1.165, 1.54) is 57.8 Å². The molecule has 1 spiro atoms. The molecule has 3 fully saturated rings. The third kappa shape index (κ3) is 2.46. The van der Waals surface area contributed by atoms with Gasteiger partial charge in [-0.2, -0.15) is 0 Å². The molecule has 0 aromatic heterocycles. The van der Waals surface area contributed by atoms with Crippen LogP contribution in [0.2, 0.25) is 0 Å². The van der Waals surface area contributed by atoms with Crippen molar-refractivity contribution in [3.63, 3.8) is 0 Å².